The summed E-state index contributed by atoms with van der Waals surface area (Å²) in [5.74, 6) is 0.296. The first-order valence-corrected chi connectivity index (χ1v) is 11.4. The molecule has 1 N–H and O–H groups in total. The first-order valence-electron chi connectivity index (χ1n) is 11.4. The van der Waals surface area contributed by atoms with E-state index in [1.54, 1.807) is 12.1 Å². The molecule has 2 heterocycles. The zero-order valence-corrected chi connectivity index (χ0v) is 18.2. The van der Waals surface area contributed by atoms with Crippen molar-refractivity contribution in [3.8, 4) is 16.9 Å². The number of hydrogen-bond donors (Lipinski definition) is 1. The van der Waals surface area contributed by atoms with E-state index in [9.17, 15) is 9.90 Å². The summed E-state index contributed by atoms with van der Waals surface area (Å²) in [5.41, 5.74) is 7.11. The molecule has 1 fully saturated rings. The molecule has 2 aliphatic heterocycles. The van der Waals surface area contributed by atoms with Crippen molar-refractivity contribution in [2.45, 2.75) is 24.4 Å². The molecule has 2 unspecified atom stereocenters. The van der Waals surface area contributed by atoms with E-state index < -0.39 is 0 Å². The lowest BCUT2D eigenvalue weighted by Gasteiger charge is -2.44. The number of aromatic hydroxyl groups is 1. The van der Waals surface area contributed by atoms with Crippen LogP contribution >= 0.6 is 0 Å². The molecule has 3 aromatic rings. The minimum Gasteiger partial charge on any atom is -0.508 e. The largest absolute Gasteiger partial charge is 0.508 e. The van der Waals surface area contributed by atoms with Gasteiger partial charge in [-0.05, 0) is 51.9 Å². The maximum absolute atomic E-state index is 13.3. The molecule has 0 spiro atoms. The average molecular weight is 440 g/mol. The molecule has 6 rings (SSSR count). The van der Waals surface area contributed by atoms with Crippen LogP contribution in [-0.4, -0.2) is 48.0 Å². The van der Waals surface area contributed by atoms with Crippen molar-refractivity contribution >= 4 is 11.7 Å². The molecular weight excluding hydrogens is 414 g/mol. The van der Waals surface area contributed by atoms with E-state index >= 15 is 0 Å². The van der Waals surface area contributed by atoms with Gasteiger partial charge >= 0.3 is 6.09 Å². The molecule has 1 saturated heterocycles. The second kappa shape index (κ2) is 8.09. The number of hydrogen-bond acceptors (Lipinski definition) is 4. The fourth-order valence-corrected chi connectivity index (χ4v) is 5.44. The van der Waals surface area contributed by atoms with Crippen molar-refractivity contribution in [3.63, 3.8) is 0 Å². The Morgan fingerprint density at radius 1 is 0.939 bits per heavy atom. The van der Waals surface area contributed by atoms with Crippen LogP contribution in [0.1, 0.15) is 29.0 Å². The Morgan fingerprint density at radius 3 is 2.27 bits per heavy atom. The number of rotatable bonds is 3. The first-order chi connectivity index (χ1) is 16.2. The van der Waals surface area contributed by atoms with Gasteiger partial charge in [-0.1, -0.05) is 66.7 Å². The van der Waals surface area contributed by atoms with Crippen molar-refractivity contribution in [1.82, 2.24) is 4.90 Å². The lowest BCUT2D eigenvalue weighted by Crippen LogP contribution is -2.56. The van der Waals surface area contributed by atoms with Crippen LogP contribution in [0.2, 0.25) is 0 Å². The van der Waals surface area contributed by atoms with E-state index in [4.69, 9.17) is 9.47 Å². The highest BCUT2D eigenvalue weighted by Crippen LogP contribution is 2.44. The van der Waals surface area contributed by atoms with E-state index in [-0.39, 0.29) is 29.8 Å². The number of benzene rings is 3. The maximum Gasteiger partial charge on any atom is 0.410 e. The number of fused-ring (bicyclic) bond motifs is 5. The lowest BCUT2D eigenvalue weighted by atomic mass is 9.90. The van der Waals surface area contributed by atoms with Crippen LogP contribution < -0.4 is 0 Å². The van der Waals surface area contributed by atoms with Gasteiger partial charge in [0.05, 0.1) is 25.3 Å². The summed E-state index contributed by atoms with van der Waals surface area (Å²) in [7, 11) is 0. The molecular formula is C28H25NO4. The molecule has 1 aliphatic carbocycles. The fourth-order valence-electron chi connectivity index (χ4n) is 5.44. The summed E-state index contributed by atoms with van der Waals surface area (Å²) in [5, 5.41) is 9.59. The molecule has 3 aromatic carbocycles. The molecule has 33 heavy (non-hydrogen) atoms. The Balaban J connectivity index is 1.22. The molecule has 5 nitrogen and oxygen atoms in total. The Hall–Kier alpha value is -3.57. The normalized spacial score (nSPS) is 21.2. The third-order valence-corrected chi connectivity index (χ3v) is 6.98. The molecule has 166 valence electrons. The van der Waals surface area contributed by atoms with Crippen molar-refractivity contribution < 1.29 is 19.4 Å². The van der Waals surface area contributed by atoms with Crippen LogP contribution in [0.15, 0.2) is 78.9 Å². The van der Waals surface area contributed by atoms with Gasteiger partial charge in [0, 0.05) is 5.92 Å². The number of carbonyl (C=O) groups excluding carboxylic acids is 1. The van der Waals surface area contributed by atoms with Crippen LogP contribution in [0.5, 0.6) is 5.75 Å². The summed E-state index contributed by atoms with van der Waals surface area (Å²) in [6.07, 6.45) is 2.52. The average Bonchev–Trinajstić information content (AvgIpc) is 3.16. The number of phenols is 1. The second-order valence-corrected chi connectivity index (χ2v) is 8.91. The Morgan fingerprint density at radius 2 is 1.61 bits per heavy atom. The van der Waals surface area contributed by atoms with Crippen LogP contribution in [0.3, 0.4) is 0 Å². The van der Waals surface area contributed by atoms with E-state index in [2.05, 4.69) is 42.5 Å². The van der Waals surface area contributed by atoms with E-state index in [0.717, 1.165) is 5.56 Å². The van der Waals surface area contributed by atoms with E-state index in [0.29, 0.717) is 26.2 Å². The highest BCUT2D eigenvalue weighted by Gasteiger charge is 2.39. The highest BCUT2D eigenvalue weighted by molar-refractivity contribution is 5.79. The number of phenolic OH excluding ortho intramolecular Hbond substituents is 1. The van der Waals surface area contributed by atoms with Gasteiger partial charge in [-0.3, -0.25) is 4.90 Å². The van der Waals surface area contributed by atoms with Gasteiger partial charge in [-0.2, -0.15) is 0 Å². The summed E-state index contributed by atoms with van der Waals surface area (Å²) in [6, 6.07) is 23.7. The van der Waals surface area contributed by atoms with Gasteiger partial charge in [-0.25, -0.2) is 4.79 Å². The molecule has 0 aromatic heterocycles. The van der Waals surface area contributed by atoms with Crippen LogP contribution in [0.4, 0.5) is 4.79 Å². The summed E-state index contributed by atoms with van der Waals surface area (Å²) in [4.78, 5) is 15.1. The van der Waals surface area contributed by atoms with Gasteiger partial charge in [0.15, 0.2) is 0 Å². The summed E-state index contributed by atoms with van der Waals surface area (Å²) >= 11 is 0. The molecule has 0 saturated carbocycles. The Bertz CT molecular complexity index is 1190. The number of carbonyl (C=O) groups is 1. The van der Waals surface area contributed by atoms with Gasteiger partial charge in [0.25, 0.3) is 0 Å². The fraction of sp³-hybridized carbons (Fsp3) is 0.250. The molecule has 2 atom stereocenters. The number of nitrogens with zero attached hydrogens (tertiary/aromatic N) is 1. The number of amides is 1. The van der Waals surface area contributed by atoms with Crippen molar-refractivity contribution in [2.75, 3.05) is 19.8 Å². The number of morpholine rings is 1. The summed E-state index contributed by atoms with van der Waals surface area (Å²) in [6.45, 7) is 1.27. The van der Waals surface area contributed by atoms with Gasteiger partial charge in [-0.15, -0.1) is 0 Å². The smallest absolute Gasteiger partial charge is 0.410 e. The first kappa shape index (κ1) is 20.1. The predicted octanol–water partition coefficient (Wildman–Crippen LogP) is 5.20. The predicted molar refractivity (Wildman–Crippen MR) is 126 cm³/mol. The minimum absolute atomic E-state index is 0.0466. The monoisotopic (exact) mass is 439 g/mol. The second-order valence-electron chi connectivity index (χ2n) is 8.91. The molecule has 0 radical (unpaired) electrons. The molecule has 1 amide bonds. The maximum atomic E-state index is 13.3. The topological polar surface area (TPSA) is 59.0 Å². The van der Waals surface area contributed by atoms with Crippen molar-refractivity contribution in [2.24, 2.45) is 0 Å². The zero-order valence-electron chi connectivity index (χ0n) is 18.2. The van der Waals surface area contributed by atoms with Gasteiger partial charge < -0.3 is 14.6 Å². The highest BCUT2D eigenvalue weighted by atomic mass is 16.6. The lowest BCUT2D eigenvalue weighted by molar-refractivity contribution is -0.0331. The Labute approximate surface area is 192 Å². The molecule has 2 bridgehead atoms. The van der Waals surface area contributed by atoms with E-state index in [1.807, 2.05) is 29.2 Å². The minimum atomic E-state index is -0.281. The van der Waals surface area contributed by atoms with Crippen molar-refractivity contribution in [3.05, 3.63) is 95.6 Å². The standard InChI is InChI=1S/C28H25NO4/c30-22-11-9-18(10-12-22)19-13-20-15-32-16-21(14-19)29(20)28(31)33-17-27-25-7-3-1-5-23(25)24-6-2-4-8-26(24)27/h1-13,20-21,27,30H,14-17H2. The van der Waals surface area contributed by atoms with Crippen molar-refractivity contribution in [1.29, 1.82) is 0 Å². The number of ether oxygens (including phenoxy) is 2. The van der Waals surface area contributed by atoms with E-state index in [1.165, 1.54) is 27.8 Å². The molecule has 5 heteroatoms. The van der Waals surface area contributed by atoms with Gasteiger partial charge in [0.2, 0.25) is 0 Å². The van der Waals surface area contributed by atoms with Crippen LogP contribution in [0, 0.1) is 0 Å². The van der Waals surface area contributed by atoms with Crippen LogP contribution in [0.25, 0.3) is 16.7 Å². The quantitative estimate of drug-likeness (QED) is 0.610. The summed E-state index contributed by atoms with van der Waals surface area (Å²) < 4.78 is 11.7. The molecule has 3 aliphatic rings. The SMILES string of the molecule is O=C(OCC1c2ccccc2-c2ccccc21)N1C2C=C(c3ccc(O)cc3)CC1COC2. The zero-order chi connectivity index (χ0) is 22.4. The van der Waals surface area contributed by atoms with Crippen LogP contribution in [-0.2, 0) is 9.47 Å². The third kappa shape index (κ3) is 3.49. The third-order valence-electron chi connectivity index (χ3n) is 6.98. The van der Waals surface area contributed by atoms with Gasteiger partial charge in [0.1, 0.15) is 12.4 Å². The Kier molecular flexibility index (Phi) is 4.92.